The maximum Gasteiger partial charge on any atom is 0.0601 e. The van der Waals surface area contributed by atoms with Crippen LogP contribution < -0.4 is 10.6 Å². The predicted molar refractivity (Wildman–Crippen MR) is 83.9 cm³/mol. The first kappa shape index (κ1) is 13.9. The summed E-state index contributed by atoms with van der Waals surface area (Å²) in [5, 5.41) is 8.99. The molecule has 5 heteroatoms. The van der Waals surface area contributed by atoms with Crippen LogP contribution in [0.3, 0.4) is 0 Å². The standard InChI is InChI=1S/C13H20IN3O/c14-11-2-3-13(12(15)10-11)17-5-1-4-16(6-7-17)8-9-18/h2-3,10,18H,1,4-9,15H2. The summed E-state index contributed by atoms with van der Waals surface area (Å²) in [6, 6.07) is 6.23. The van der Waals surface area contributed by atoms with Crippen LogP contribution in [0.25, 0.3) is 0 Å². The number of aliphatic hydroxyl groups is 1. The van der Waals surface area contributed by atoms with Crippen molar-refractivity contribution in [2.75, 3.05) is 50.0 Å². The number of benzene rings is 1. The fraction of sp³-hybridized carbons (Fsp3) is 0.538. The van der Waals surface area contributed by atoms with Gasteiger partial charge in [0.2, 0.25) is 0 Å². The highest BCUT2D eigenvalue weighted by molar-refractivity contribution is 14.1. The lowest BCUT2D eigenvalue weighted by Gasteiger charge is -2.24. The molecule has 0 bridgehead atoms. The molecule has 0 unspecified atom stereocenters. The van der Waals surface area contributed by atoms with Gasteiger partial charge in [0.05, 0.1) is 18.0 Å². The minimum atomic E-state index is 0.242. The SMILES string of the molecule is Nc1cc(I)ccc1N1CCCN(CCO)CC1. The maximum atomic E-state index is 8.99. The number of nitrogens with two attached hydrogens (primary N) is 1. The van der Waals surface area contributed by atoms with E-state index in [4.69, 9.17) is 10.8 Å². The van der Waals surface area contributed by atoms with Gasteiger partial charge in [-0.25, -0.2) is 0 Å². The Bertz CT molecular complexity index is 400. The number of hydrogen-bond acceptors (Lipinski definition) is 4. The summed E-state index contributed by atoms with van der Waals surface area (Å²) in [5.41, 5.74) is 8.10. The van der Waals surface area contributed by atoms with Crippen molar-refractivity contribution < 1.29 is 5.11 Å². The van der Waals surface area contributed by atoms with Crippen molar-refractivity contribution in [1.82, 2.24) is 4.90 Å². The molecule has 100 valence electrons. The van der Waals surface area contributed by atoms with E-state index in [9.17, 15) is 0 Å². The lowest BCUT2D eigenvalue weighted by molar-refractivity contribution is 0.204. The first-order valence-corrected chi connectivity index (χ1v) is 7.42. The van der Waals surface area contributed by atoms with Gasteiger partial charge in [0.25, 0.3) is 0 Å². The summed E-state index contributed by atoms with van der Waals surface area (Å²) in [4.78, 5) is 4.66. The van der Waals surface area contributed by atoms with Crippen LogP contribution in [0.15, 0.2) is 18.2 Å². The van der Waals surface area contributed by atoms with Crippen molar-refractivity contribution in [3.05, 3.63) is 21.8 Å². The van der Waals surface area contributed by atoms with Gasteiger partial charge in [0.1, 0.15) is 0 Å². The van der Waals surface area contributed by atoms with E-state index >= 15 is 0 Å². The Hall–Kier alpha value is -0.530. The van der Waals surface area contributed by atoms with E-state index in [0.717, 1.165) is 50.5 Å². The molecule has 0 amide bonds. The first-order chi connectivity index (χ1) is 8.70. The summed E-state index contributed by atoms with van der Waals surface area (Å²) in [6.07, 6.45) is 1.12. The molecule has 2 rings (SSSR count). The molecule has 3 N–H and O–H groups in total. The van der Waals surface area contributed by atoms with E-state index in [1.165, 1.54) is 3.57 Å². The van der Waals surface area contributed by atoms with Crippen molar-refractivity contribution in [2.24, 2.45) is 0 Å². The Kier molecular flexibility index (Phi) is 5.08. The molecule has 4 nitrogen and oxygen atoms in total. The third-order valence-corrected chi connectivity index (χ3v) is 4.01. The van der Waals surface area contributed by atoms with Crippen LogP contribution in [0.1, 0.15) is 6.42 Å². The second kappa shape index (κ2) is 6.58. The van der Waals surface area contributed by atoms with Crippen molar-refractivity contribution in [3.63, 3.8) is 0 Å². The third-order valence-electron chi connectivity index (χ3n) is 3.34. The topological polar surface area (TPSA) is 52.7 Å². The quantitative estimate of drug-likeness (QED) is 0.631. The Labute approximate surface area is 122 Å². The summed E-state index contributed by atoms with van der Waals surface area (Å²) in [7, 11) is 0. The van der Waals surface area contributed by atoms with Gasteiger partial charge in [-0.05, 0) is 53.8 Å². The van der Waals surface area contributed by atoms with Crippen LogP contribution in [0, 0.1) is 3.57 Å². The second-order valence-electron chi connectivity index (χ2n) is 4.61. The van der Waals surface area contributed by atoms with E-state index in [2.05, 4.69) is 44.5 Å². The molecule has 1 aromatic carbocycles. The number of rotatable bonds is 3. The van der Waals surface area contributed by atoms with Crippen LogP contribution >= 0.6 is 22.6 Å². The van der Waals surface area contributed by atoms with Gasteiger partial charge < -0.3 is 15.7 Å². The van der Waals surface area contributed by atoms with Gasteiger partial charge in [-0.2, -0.15) is 0 Å². The van der Waals surface area contributed by atoms with E-state index in [1.54, 1.807) is 0 Å². The molecule has 1 fully saturated rings. The smallest absolute Gasteiger partial charge is 0.0601 e. The average Bonchev–Trinajstić information content (AvgIpc) is 2.55. The number of β-amino-alcohol motifs (C(OH)–C–C–N with tert-alkyl or cyclic N) is 1. The lowest BCUT2D eigenvalue weighted by Crippen LogP contribution is -2.32. The van der Waals surface area contributed by atoms with Gasteiger partial charge in [0, 0.05) is 29.7 Å². The Morgan fingerprint density at radius 3 is 2.78 bits per heavy atom. The number of anilines is 2. The van der Waals surface area contributed by atoms with Crippen molar-refractivity contribution in [2.45, 2.75) is 6.42 Å². The molecule has 0 aromatic heterocycles. The zero-order chi connectivity index (χ0) is 13.0. The molecule has 0 spiro atoms. The summed E-state index contributed by atoms with van der Waals surface area (Å²) < 4.78 is 1.17. The Morgan fingerprint density at radius 1 is 1.22 bits per heavy atom. The van der Waals surface area contributed by atoms with Gasteiger partial charge in [-0.1, -0.05) is 0 Å². The van der Waals surface area contributed by atoms with Crippen molar-refractivity contribution in [1.29, 1.82) is 0 Å². The number of nitrogen functional groups attached to an aromatic ring is 1. The fourth-order valence-electron chi connectivity index (χ4n) is 2.39. The van der Waals surface area contributed by atoms with Gasteiger partial charge >= 0.3 is 0 Å². The van der Waals surface area contributed by atoms with E-state index in [0.29, 0.717) is 0 Å². The van der Waals surface area contributed by atoms with Crippen LogP contribution in [-0.4, -0.2) is 49.3 Å². The lowest BCUT2D eigenvalue weighted by atomic mass is 10.2. The highest BCUT2D eigenvalue weighted by Crippen LogP contribution is 2.26. The number of halogens is 1. The van der Waals surface area contributed by atoms with E-state index < -0.39 is 0 Å². The summed E-state index contributed by atoms with van der Waals surface area (Å²) in [6.45, 7) is 5.08. The average molecular weight is 361 g/mol. The summed E-state index contributed by atoms with van der Waals surface area (Å²) >= 11 is 2.28. The molecule has 1 heterocycles. The molecule has 0 atom stereocenters. The van der Waals surface area contributed by atoms with Gasteiger partial charge in [-0.3, -0.25) is 4.90 Å². The van der Waals surface area contributed by atoms with Crippen molar-refractivity contribution in [3.8, 4) is 0 Å². The molecule has 1 aliphatic rings. The predicted octanol–water partition coefficient (Wildman–Crippen LogP) is 1.38. The maximum absolute atomic E-state index is 8.99. The molecule has 1 aromatic rings. The van der Waals surface area contributed by atoms with Crippen LogP contribution in [0.2, 0.25) is 0 Å². The summed E-state index contributed by atoms with van der Waals surface area (Å²) in [5.74, 6) is 0. The Morgan fingerprint density at radius 2 is 2.06 bits per heavy atom. The minimum Gasteiger partial charge on any atom is -0.397 e. The molecule has 0 radical (unpaired) electrons. The third kappa shape index (κ3) is 3.49. The van der Waals surface area contributed by atoms with Gasteiger partial charge in [0.15, 0.2) is 0 Å². The van der Waals surface area contributed by atoms with Gasteiger partial charge in [-0.15, -0.1) is 0 Å². The molecule has 18 heavy (non-hydrogen) atoms. The van der Waals surface area contributed by atoms with Crippen LogP contribution in [-0.2, 0) is 0 Å². The zero-order valence-corrected chi connectivity index (χ0v) is 12.6. The molecule has 1 aliphatic heterocycles. The number of aliphatic hydroxyl groups excluding tert-OH is 1. The van der Waals surface area contributed by atoms with Crippen LogP contribution in [0.5, 0.6) is 0 Å². The second-order valence-corrected chi connectivity index (χ2v) is 5.85. The molecule has 1 saturated heterocycles. The molecule has 0 aliphatic carbocycles. The fourth-order valence-corrected chi connectivity index (χ4v) is 2.91. The number of nitrogens with zero attached hydrogens (tertiary/aromatic N) is 2. The van der Waals surface area contributed by atoms with Crippen LogP contribution in [0.4, 0.5) is 11.4 Å². The molecule has 0 saturated carbocycles. The first-order valence-electron chi connectivity index (χ1n) is 6.34. The highest BCUT2D eigenvalue weighted by atomic mass is 127. The minimum absolute atomic E-state index is 0.242. The largest absolute Gasteiger partial charge is 0.397 e. The number of hydrogen-bond donors (Lipinski definition) is 2. The monoisotopic (exact) mass is 361 g/mol. The normalized spacial score (nSPS) is 17.8. The van der Waals surface area contributed by atoms with E-state index in [-0.39, 0.29) is 6.61 Å². The highest BCUT2D eigenvalue weighted by Gasteiger charge is 2.16. The Balaban J connectivity index is 2.05. The van der Waals surface area contributed by atoms with Crippen molar-refractivity contribution >= 4 is 34.0 Å². The zero-order valence-electron chi connectivity index (χ0n) is 10.5. The molecular formula is C13H20IN3O. The molecular weight excluding hydrogens is 341 g/mol. The van der Waals surface area contributed by atoms with E-state index in [1.807, 2.05) is 6.07 Å².